The van der Waals surface area contributed by atoms with Crippen molar-refractivity contribution in [3.05, 3.63) is 60.7 Å². The molecule has 3 heterocycles. The molecule has 17 heteroatoms. The van der Waals surface area contributed by atoms with Crippen molar-refractivity contribution in [3.63, 3.8) is 0 Å². The molecule has 2 aromatic carbocycles. The molecule has 322 valence electrons. The molecular formula is C43H54N6O10S. The summed E-state index contributed by atoms with van der Waals surface area (Å²) in [5, 5.41) is 6.39. The Morgan fingerprint density at radius 2 is 1.80 bits per heavy atom. The Morgan fingerprint density at radius 1 is 1.05 bits per heavy atom. The van der Waals surface area contributed by atoms with Gasteiger partial charge in [-0.15, -0.1) is 0 Å². The first-order valence-electron chi connectivity index (χ1n) is 20.3. The van der Waals surface area contributed by atoms with Gasteiger partial charge in [-0.2, -0.15) is 0 Å². The van der Waals surface area contributed by atoms with Crippen LogP contribution in [-0.2, 0) is 33.9 Å². The molecule has 2 aliphatic carbocycles. The third kappa shape index (κ3) is 9.62. The molecule has 60 heavy (non-hydrogen) atoms. The average Bonchev–Trinajstić information content (AvgIpc) is 4.12. The van der Waals surface area contributed by atoms with Crippen LogP contribution >= 0.6 is 0 Å². The maximum atomic E-state index is 14.7. The molecule has 2 aliphatic heterocycles. The Bertz CT molecular complexity index is 2270. The molecule has 1 unspecified atom stereocenters. The molecule has 0 radical (unpaired) electrons. The molecule has 0 bridgehead atoms. The quantitative estimate of drug-likeness (QED) is 0.262. The van der Waals surface area contributed by atoms with E-state index in [1.807, 2.05) is 61.5 Å². The Labute approximate surface area is 350 Å². The van der Waals surface area contributed by atoms with Gasteiger partial charge in [0.15, 0.2) is 0 Å². The third-order valence-electron chi connectivity index (χ3n) is 11.1. The highest BCUT2D eigenvalue weighted by Gasteiger charge is 2.62. The zero-order chi connectivity index (χ0) is 43.0. The summed E-state index contributed by atoms with van der Waals surface area (Å²) in [6, 6.07) is 13.1. The number of benzene rings is 2. The van der Waals surface area contributed by atoms with Crippen molar-refractivity contribution in [1.29, 1.82) is 0 Å². The molecule has 5 atom stereocenters. The molecule has 1 aromatic heterocycles. The number of hydrogen-bond acceptors (Lipinski definition) is 12. The van der Waals surface area contributed by atoms with E-state index in [9.17, 15) is 27.6 Å². The van der Waals surface area contributed by atoms with Gasteiger partial charge >= 0.3 is 6.09 Å². The fourth-order valence-corrected chi connectivity index (χ4v) is 9.03. The minimum absolute atomic E-state index is 0.000489. The smallest absolute Gasteiger partial charge is 0.408 e. The van der Waals surface area contributed by atoms with E-state index in [1.54, 1.807) is 46.1 Å². The minimum atomic E-state index is -3.94. The van der Waals surface area contributed by atoms with Crippen molar-refractivity contribution >= 4 is 50.3 Å². The summed E-state index contributed by atoms with van der Waals surface area (Å²) in [6.45, 7) is 5.51. The number of rotatable bonds is 9. The van der Waals surface area contributed by atoms with Gasteiger partial charge in [0.1, 0.15) is 35.1 Å². The van der Waals surface area contributed by atoms with Crippen LogP contribution < -0.4 is 29.7 Å². The molecule has 4 amide bonds. The minimum Gasteiger partial charge on any atom is -0.497 e. The molecule has 7 rings (SSSR count). The summed E-state index contributed by atoms with van der Waals surface area (Å²) in [4.78, 5) is 64.4. The van der Waals surface area contributed by atoms with Crippen LogP contribution in [0.5, 0.6) is 11.6 Å². The van der Waals surface area contributed by atoms with Gasteiger partial charge in [0.05, 0.1) is 31.2 Å². The Kier molecular flexibility index (Phi) is 12.0. The second-order valence-electron chi connectivity index (χ2n) is 17.1. The fraction of sp³-hybridized carbons (Fsp3) is 0.512. The summed E-state index contributed by atoms with van der Waals surface area (Å²) >= 11 is 0. The van der Waals surface area contributed by atoms with Gasteiger partial charge < -0.3 is 39.4 Å². The lowest BCUT2D eigenvalue weighted by Crippen LogP contribution is -2.58. The highest BCUT2D eigenvalue weighted by molar-refractivity contribution is 7.91. The van der Waals surface area contributed by atoms with Gasteiger partial charge in [-0.05, 0) is 94.7 Å². The number of carbonyl (C=O) groups is 4. The number of alkyl carbamates (subject to hydrolysis) is 1. The first-order valence-corrected chi connectivity index (χ1v) is 21.9. The number of fused-ring (bicyclic) bond motifs is 3. The predicted octanol–water partition coefficient (Wildman–Crippen LogP) is 4.07. The average molecular weight is 847 g/mol. The Hall–Kier alpha value is -5.42. The van der Waals surface area contributed by atoms with E-state index >= 15 is 0 Å². The number of sulfonamides is 1. The van der Waals surface area contributed by atoms with Crippen LogP contribution in [-0.4, -0.2) is 118 Å². The van der Waals surface area contributed by atoms with E-state index < -0.39 is 74.3 Å². The zero-order valence-electron chi connectivity index (χ0n) is 34.9. The van der Waals surface area contributed by atoms with Gasteiger partial charge in [0, 0.05) is 49.7 Å². The number of methoxy groups -OCH3 is 1. The third-order valence-corrected chi connectivity index (χ3v) is 12.9. The molecule has 4 aliphatic rings. The number of pyridine rings is 1. The Balaban J connectivity index is 1.23. The molecule has 16 nitrogen and oxygen atoms in total. The van der Waals surface area contributed by atoms with Gasteiger partial charge in [-0.3, -0.25) is 19.1 Å². The molecule has 0 spiro atoms. The van der Waals surface area contributed by atoms with E-state index in [1.165, 1.54) is 4.90 Å². The van der Waals surface area contributed by atoms with Crippen LogP contribution in [0.15, 0.2) is 60.7 Å². The monoisotopic (exact) mass is 846 g/mol. The lowest BCUT2D eigenvalue weighted by Gasteiger charge is -2.30. The van der Waals surface area contributed by atoms with E-state index in [4.69, 9.17) is 23.9 Å². The molecule has 3 fully saturated rings. The maximum Gasteiger partial charge on any atom is 0.408 e. The lowest BCUT2D eigenvalue weighted by molar-refractivity contribution is -0.141. The maximum absolute atomic E-state index is 14.7. The lowest BCUT2D eigenvalue weighted by atomic mass is 10.1. The topological polar surface area (TPSA) is 195 Å². The summed E-state index contributed by atoms with van der Waals surface area (Å²) in [6.07, 6.45) is 3.51. The number of amides is 4. The largest absolute Gasteiger partial charge is 0.497 e. The molecule has 2 saturated carbocycles. The van der Waals surface area contributed by atoms with E-state index in [2.05, 4.69) is 15.4 Å². The van der Waals surface area contributed by atoms with E-state index in [0.717, 1.165) is 16.6 Å². The second-order valence-corrected chi connectivity index (χ2v) is 19.1. The molecular weight excluding hydrogens is 793 g/mol. The van der Waals surface area contributed by atoms with Crippen molar-refractivity contribution in [3.8, 4) is 22.9 Å². The number of aromatic nitrogens is 1. The number of ether oxygens (including phenoxy) is 4. The van der Waals surface area contributed by atoms with Crippen molar-refractivity contribution in [2.75, 3.05) is 45.9 Å². The second kappa shape index (κ2) is 16.9. The summed E-state index contributed by atoms with van der Waals surface area (Å²) in [5.74, 6) is -1.67. The summed E-state index contributed by atoms with van der Waals surface area (Å²) < 4.78 is 51.5. The number of anilines is 1. The van der Waals surface area contributed by atoms with Crippen molar-refractivity contribution in [2.24, 2.45) is 5.92 Å². The van der Waals surface area contributed by atoms with E-state index in [0.29, 0.717) is 36.1 Å². The summed E-state index contributed by atoms with van der Waals surface area (Å²) in [5.41, 5.74) is 0.0556. The van der Waals surface area contributed by atoms with Gasteiger partial charge in [-0.25, -0.2) is 18.2 Å². The van der Waals surface area contributed by atoms with Crippen LogP contribution in [0.3, 0.4) is 0 Å². The fourth-order valence-electron chi connectivity index (χ4n) is 7.67. The van der Waals surface area contributed by atoms with Crippen LogP contribution in [0.1, 0.15) is 59.3 Å². The van der Waals surface area contributed by atoms with Crippen LogP contribution in [0.2, 0.25) is 0 Å². The first-order chi connectivity index (χ1) is 28.5. The standard InChI is InChI=1S/C43H54N6O10S/c1-42(2,3)59-41(53)45-34-10-8-20-57-19-7-9-28-24-43(28,40(52)47-60(54,55)32-16-17-32)46-37(50)36-23-31(25-49(36)39(34)51)58-38-33-18-15-30(56-6)21-27(33)22-35(44-38)26-11-13-29(14-12-26)48(4)5/h7,9,11-15,18,21-22,28,31-32,34,36H,8,10,16-17,19-20,23-25H2,1-6H3,(H,45,53)(H,46,50)(H,47,52)/b9-7-/t28-,31?,34+,36+,43-/m1/s1. The van der Waals surface area contributed by atoms with Gasteiger partial charge in [0.25, 0.3) is 5.91 Å². The normalized spacial score (nSPS) is 25.4. The molecule has 3 N–H and O–H groups in total. The highest BCUT2D eigenvalue weighted by Crippen LogP contribution is 2.46. The molecule has 3 aromatic rings. The molecule has 1 saturated heterocycles. The number of hydrogen-bond donors (Lipinski definition) is 3. The van der Waals surface area contributed by atoms with Crippen LogP contribution in [0.25, 0.3) is 22.0 Å². The van der Waals surface area contributed by atoms with Crippen LogP contribution in [0.4, 0.5) is 10.5 Å². The van der Waals surface area contributed by atoms with Crippen molar-refractivity contribution < 1.29 is 46.5 Å². The van der Waals surface area contributed by atoms with Crippen molar-refractivity contribution in [2.45, 2.75) is 93.9 Å². The Morgan fingerprint density at radius 3 is 2.48 bits per heavy atom. The summed E-state index contributed by atoms with van der Waals surface area (Å²) in [7, 11) is 1.56. The van der Waals surface area contributed by atoms with Gasteiger partial charge in [-0.1, -0.05) is 24.3 Å². The zero-order valence-corrected chi connectivity index (χ0v) is 35.7. The van der Waals surface area contributed by atoms with Crippen LogP contribution in [0, 0.1) is 5.92 Å². The predicted molar refractivity (Wildman–Crippen MR) is 224 cm³/mol. The van der Waals surface area contributed by atoms with E-state index in [-0.39, 0.29) is 44.9 Å². The first kappa shape index (κ1) is 42.7. The number of carbonyl (C=O) groups excluding carboxylic acids is 4. The number of nitrogens with one attached hydrogen (secondary N) is 3. The van der Waals surface area contributed by atoms with Gasteiger partial charge in [0.2, 0.25) is 27.7 Å². The number of nitrogens with zero attached hydrogens (tertiary/aromatic N) is 3. The highest BCUT2D eigenvalue weighted by atomic mass is 32.2. The van der Waals surface area contributed by atoms with Crippen molar-refractivity contribution in [1.82, 2.24) is 25.2 Å². The SMILES string of the molecule is COc1ccc2c(OC3C[C@H]4C(=O)N[C@]5(C(=O)NS(=O)(=O)C6CC6)C[C@H]5/C=C\COCCC[C@H](NC(=O)OC(C)(C)C)C(=O)N4C3)nc(-c3ccc(N(C)C)cc3)cc2c1.